The number of aromatic amines is 1. The van der Waals surface area contributed by atoms with Crippen molar-refractivity contribution in [2.24, 2.45) is 0 Å². The number of aromatic nitrogens is 4. The first-order valence-corrected chi connectivity index (χ1v) is 9.70. The molecule has 2 atom stereocenters. The maximum Gasteiger partial charge on any atom is 0.181 e. The van der Waals surface area contributed by atoms with Gasteiger partial charge in [0.05, 0.1) is 18.3 Å². The van der Waals surface area contributed by atoms with E-state index in [-0.39, 0.29) is 12.1 Å². The van der Waals surface area contributed by atoms with E-state index in [0.29, 0.717) is 5.65 Å². The fourth-order valence-electron chi connectivity index (χ4n) is 3.75. The Balaban J connectivity index is 1.76. The maximum atomic E-state index is 4.84. The summed E-state index contributed by atoms with van der Waals surface area (Å²) in [5.41, 5.74) is 3.87. The van der Waals surface area contributed by atoms with Crippen molar-refractivity contribution in [3.63, 3.8) is 0 Å². The van der Waals surface area contributed by atoms with Gasteiger partial charge in [-0.2, -0.15) is 0 Å². The number of H-pyrrole nitrogens is 1. The second kappa shape index (κ2) is 8.11. The van der Waals surface area contributed by atoms with Crippen LogP contribution < -0.4 is 0 Å². The molecule has 0 spiro atoms. The first kappa shape index (κ1) is 19.2. The quantitative estimate of drug-likeness (QED) is 0.548. The fourth-order valence-corrected chi connectivity index (χ4v) is 3.75. The van der Waals surface area contributed by atoms with Gasteiger partial charge in [-0.3, -0.25) is 9.80 Å². The van der Waals surface area contributed by atoms with E-state index in [9.17, 15) is 0 Å². The Morgan fingerprint density at radius 3 is 1.83 bits per heavy atom. The zero-order valence-corrected chi connectivity index (χ0v) is 17.2. The van der Waals surface area contributed by atoms with Gasteiger partial charge < -0.3 is 4.98 Å². The minimum Gasteiger partial charge on any atom is -0.338 e. The van der Waals surface area contributed by atoms with Crippen molar-refractivity contribution in [1.82, 2.24) is 29.7 Å². The summed E-state index contributed by atoms with van der Waals surface area (Å²) < 4.78 is 0. The Hall–Kier alpha value is -3.09. The van der Waals surface area contributed by atoms with Crippen molar-refractivity contribution in [3.05, 3.63) is 89.6 Å². The lowest BCUT2D eigenvalue weighted by molar-refractivity contribution is 0.330. The van der Waals surface area contributed by atoms with Crippen LogP contribution in [0.25, 0.3) is 11.2 Å². The topological polar surface area (TPSA) is 60.9 Å². The van der Waals surface area contributed by atoms with E-state index in [4.69, 9.17) is 9.97 Å². The molecule has 0 saturated carbocycles. The number of hydrogen-bond donors (Lipinski definition) is 1. The monoisotopic (exact) mass is 386 g/mol. The standard InChI is InChI=1S/C23H26N6/c1-28(2)19(16-11-7-5-8-12-16)22-24-15-18-21(26-22)27-23(25-18)20(29(3)4)17-13-9-6-10-14-17/h5-15,19-20H,1-4H3,(H,24,25,26,27). The lowest BCUT2D eigenvalue weighted by atomic mass is 10.1. The van der Waals surface area contributed by atoms with Gasteiger partial charge in [-0.1, -0.05) is 60.7 Å². The molecule has 0 fully saturated rings. The van der Waals surface area contributed by atoms with Crippen LogP contribution in [0.1, 0.15) is 34.9 Å². The van der Waals surface area contributed by atoms with Gasteiger partial charge in [0.25, 0.3) is 0 Å². The van der Waals surface area contributed by atoms with Gasteiger partial charge in [0.15, 0.2) is 11.5 Å². The van der Waals surface area contributed by atoms with Crippen molar-refractivity contribution in [3.8, 4) is 0 Å². The zero-order chi connectivity index (χ0) is 20.4. The summed E-state index contributed by atoms with van der Waals surface area (Å²) in [7, 11) is 8.19. The molecule has 0 aliphatic rings. The molecule has 0 amide bonds. The molecule has 4 rings (SSSR count). The van der Waals surface area contributed by atoms with Crippen LogP contribution in [-0.2, 0) is 0 Å². The molecule has 148 valence electrons. The highest BCUT2D eigenvalue weighted by atomic mass is 15.2. The summed E-state index contributed by atoms with van der Waals surface area (Å²) in [6, 6.07) is 20.7. The molecule has 2 aromatic carbocycles. The van der Waals surface area contributed by atoms with E-state index >= 15 is 0 Å². The Kier molecular flexibility index (Phi) is 5.38. The summed E-state index contributed by atoms with van der Waals surface area (Å²) in [6.07, 6.45) is 1.84. The predicted molar refractivity (Wildman–Crippen MR) is 116 cm³/mol. The zero-order valence-electron chi connectivity index (χ0n) is 17.2. The van der Waals surface area contributed by atoms with Crippen molar-refractivity contribution >= 4 is 11.2 Å². The molecule has 0 radical (unpaired) electrons. The van der Waals surface area contributed by atoms with Gasteiger partial charge in [0, 0.05) is 0 Å². The Morgan fingerprint density at radius 1 is 0.724 bits per heavy atom. The minimum absolute atomic E-state index is 0.0209. The predicted octanol–water partition coefficient (Wildman–Crippen LogP) is 3.65. The molecule has 6 nitrogen and oxygen atoms in total. The van der Waals surface area contributed by atoms with E-state index in [0.717, 1.165) is 22.7 Å². The third kappa shape index (κ3) is 3.90. The van der Waals surface area contributed by atoms with Crippen LogP contribution in [0.3, 0.4) is 0 Å². The Bertz CT molecular complexity index is 1020. The molecular formula is C23H26N6. The first-order chi connectivity index (χ1) is 14.0. The lowest BCUT2D eigenvalue weighted by Crippen LogP contribution is -2.23. The first-order valence-electron chi connectivity index (χ1n) is 9.70. The molecule has 2 aromatic heterocycles. The molecule has 6 heteroatoms. The molecule has 1 N–H and O–H groups in total. The fraction of sp³-hybridized carbons (Fsp3) is 0.261. The van der Waals surface area contributed by atoms with E-state index in [1.165, 1.54) is 5.56 Å². The van der Waals surface area contributed by atoms with Crippen LogP contribution in [0.4, 0.5) is 0 Å². The van der Waals surface area contributed by atoms with Crippen molar-refractivity contribution < 1.29 is 0 Å². The van der Waals surface area contributed by atoms with Gasteiger partial charge >= 0.3 is 0 Å². The second-order valence-corrected chi connectivity index (χ2v) is 7.64. The van der Waals surface area contributed by atoms with Crippen LogP contribution in [0.15, 0.2) is 66.9 Å². The van der Waals surface area contributed by atoms with Gasteiger partial charge in [-0.15, -0.1) is 0 Å². The van der Waals surface area contributed by atoms with E-state index in [1.807, 2.05) is 56.7 Å². The summed E-state index contributed by atoms with van der Waals surface area (Å²) in [5, 5.41) is 0. The highest BCUT2D eigenvalue weighted by Gasteiger charge is 2.23. The summed E-state index contributed by atoms with van der Waals surface area (Å²) in [6.45, 7) is 0. The molecule has 0 aliphatic heterocycles. The van der Waals surface area contributed by atoms with E-state index < -0.39 is 0 Å². The van der Waals surface area contributed by atoms with Gasteiger partial charge in [-0.05, 0) is 39.3 Å². The second-order valence-electron chi connectivity index (χ2n) is 7.64. The number of benzene rings is 2. The minimum atomic E-state index is -0.0282. The molecule has 0 bridgehead atoms. The number of nitrogens with zero attached hydrogens (tertiary/aromatic N) is 5. The van der Waals surface area contributed by atoms with E-state index in [2.05, 4.69) is 58.1 Å². The Morgan fingerprint density at radius 2 is 1.28 bits per heavy atom. The average molecular weight is 387 g/mol. The highest BCUT2D eigenvalue weighted by molar-refractivity contribution is 5.69. The largest absolute Gasteiger partial charge is 0.338 e. The van der Waals surface area contributed by atoms with Gasteiger partial charge in [-0.25, -0.2) is 15.0 Å². The van der Waals surface area contributed by atoms with Gasteiger partial charge in [0.1, 0.15) is 11.3 Å². The number of fused-ring (bicyclic) bond motifs is 1. The number of hydrogen-bond acceptors (Lipinski definition) is 5. The van der Waals surface area contributed by atoms with Crippen LogP contribution in [-0.4, -0.2) is 57.9 Å². The smallest absolute Gasteiger partial charge is 0.181 e. The molecule has 2 heterocycles. The number of imidazole rings is 1. The maximum absolute atomic E-state index is 4.84. The lowest BCUT2D eigenvalue weighted by Gasteiger charge is -2.23. The van der Waals surface area contributed by atoms with Crippen molar-refractivity contribution in [2.45, 2.75) is 12.1 Å². The molecular weight excluding hydrogens is 360 g/mol. The number of rotatable bonds is 6. The molecule has 0 aliphatic carbocycles. The van der Waals surface area contributed by atoms with E-state index in [1.54, 1.807) is 0 Å². The SMILES string of the molecule is CN(C)C(c1ccccc1)c1ncc2[nH]c(C(c3ccccc3)N(C)C)nc2n1. The molecule has 4 aromatic rings. The van der Waals surface area contributed by atoms with Crippen LogP contribution >= 0.6 is 0 Å². The summed E-state index contributed by atoms with van der Waals surface area (Å²) >= 11 is 0. The van der Waals surface area contributed by atoms with Crippen LogP contribution in [0.5, 0.6) is 0 Å². The van der Waals surface area contributed by atoms with Crippen molar-refractivity contribution in [2.75, 3.05) is 28.2 Å². The third-order valence-electron chi connectivity index (χ3n) is 5.04. The van der Waals surface area contributed by atoms with Gasteiger partial charge in [0.2, 0.25) is 0 Å². The third-order valence-corrected chi connectivity index (χ3v) is 5.04. The Labute approximate surface area is 171 Å². The number of nitrogens with one attached hydrogen (secondary N) is 1. The molecule has 29 heavy (non-hydrogen) atoms. The normalized spacial score (nSPS) is 13.9. The summed E-state index contributed by atoms with van der Waals surface area (Å²) in [5.74, 6) is 1.61. The van der Waals surface area contributed by atoms with Crippen LogP contribution in [0.2, 0.25) is 0 Å². The highest BCUT2D eigenvalue weighted by Crippen LogP contribution is 2.28. The summed E-state index contributed by atoms with van der Waals surface area (Å²) in [4.78, 5) is 22.0. The molecule has 2 unspecified atom stereocenters. The average Bonchev–Trinajstić information content (AvgIpc) is 3.12. The van der Waals surface area contributed by atoms with Crippen molar-refractivity contribution in [1.29, 1.82) is 0 Å². The van der Waals surface area contributed by atoms with Crippen LogP contribution in [0, 0.1) is 0 Å². The molecule has 0 saturated heterocycles.